The van der Waals surface area contributed by atoms with Gasteiger partial charge in [-0.15, -0.1) is 0 Å². The van der Waals surface area contributed by atoms with E-state index in [2.05, 4.69) is 17.0 Å². The number of likely N-dealkylation sites (tertiary alicyclic amines) is 2. The summed E-state index contributed by atoms with van der Waals surface area (Å²) in [4.78, 5) is 32.7. The number of carbonyl (C=O) groups is 2. The van der Waals surface area contributed by atoms with Crippen molar-refractivity contribution >= 4 is 17.6 Å². The predicted molar refractivity (Wildman–Crippen MR) is 172 cm³/mol. The summed E-state index contributed by atoms with van der Waals surface area (Å²) < 4.78 is 52.9. The Morgan fingerprint density at radius 3 is 2.23 bits per heavy atom. The van der Waals surface area contributed by atoms with Crippen molar-refractivity contribution in [3.05, 3.63) is 59.2 Å². The lowest BCUT2D eigenvalue weighted by molar-refractivity contribution is -0.149. The highest BCUT2D eigenvalue weighted by molar-refractivity contribution is 5.81. The number of amides is 1. The quantitative estimate of drug-likeness (QED) is 0.362. The maximum atomic E-state index is 14.5. The zero-order chi connectivity index (χ0) is 33.5. The van der Waals surface area contributed by atoms with Gasteiger partial charge in [0, 0.05) is 75.9 Å². The third-order valence-electron chi connectivity index (χ3n) is 11.4. The van der Waals surface area contributed by atoms with Crippen molar-refractivity contribution in [1.29, 1.82) is 0 Å². The van der Waals surface area contributed by atoms with Crippen LogP contribution in [0.2, 0.25) is 0 Å². The van der Waals surface area contributed by atoms with E-state index in [0.717, 1.165) is 42.3 Å². The molecule has 4 fully saturated rings. The van der Waals surface area contributed by atoms with E-state index >= 15 is 0 Å². The number of carbonyl (C=O) groups excluding carboxylic acids is 1. The molecule has 3 saturated heterocycles. The Morgan fingerprint density at radius 1 is 0.957 bits per heavy atom. The highest BCUT2D eigenvalue weighted by Gasteiger charge is 2.47. The van der Waals surface area contributed by atoms with E-state index in [1.54, 1.807) is 27.2 Å². The first kappa shape index (κ1) is 33.6. The number of nitrogens with zero attached hydrogens (tertiary/aromatic N) is 3. The molecule has 256 valence electrons. The molecule has 4 aliphatic rings. The molecule has 8 nitrogen and oxygen atoms in total. The van der Waals surface area contributed by atoms with Gasteiger partial charge in [0.25, 0.3) is 0 Å². The molecule has 1 amide bonds. The van der Waals surface area contributed by atoms with Gasteiger partial charge in [0.1, 0.15) is 5.75 Å². The second-order valence-corrected chi connectivity index (χ2v) is 14.2. The summed E-state index contributed by atoms with van der Waals surface area (Å²) in [5.74, 6) is -0.558. The summed E-state index contributed by atoms with van der Waals surface area (Å²) in [6.45, 7) is 5.10. The van der Waals surface area contributed by atoms with Gasteiger partial charge in [-0.3, -0.25) is 14.5 Å². The Labute approximate surface area is 274 Å². The lowest BCUT2D eigenvalue weighted by Crippen LogP contribution is -2.43. The fraction of sp³-hybridized carbons (Fsp3) is 0.611. The number of hydrogen-bond donors (Lipinski definition) is 1. The number of alkyl halides is 3. The average Bonchev–Trinajstić information content (AvgIpc) is 3.65. The molecule has 1 saturated carbocycles. The number of anilines is 1. The maximum Gasteiger partial charge on any atom is 0.416 e. The van der Waals surface area contributed by atoms with Crippen LogP contribution in [0, 0.1) is 17.3 Å². The van der Waals surface area contributed by atoms with Crippen LogP contribution in [0.25, 0.3) is 0 Å². The number of rotatable bonds is 9. The van der Waals surface area contributed by atoms with Crippen LogP contribution >= 0.6 is 0 Å². The first-order chi connectivity index (χ1) is 22.4. The fourth-order valence-electron chi connectivity index (χ4n) is 8.11. The van der Waals surface area contributed by atoms with Crippen LogP contribution in [0.4, 0.5) is 18.9 Å². The van der Waals surface area contributed by atoms with Gasteiger partial charge in [0.05, 0.1) is 30.6 Å². The Hall–Kier alpha value is -3.31. The van der Waals surface area contributed by atoms with Crippen molar-refractivity contribution in [3.63, 3.8) is 0 Å². The highest BCUT2D eigenvalue weighted by Crippen LogP contribution is 2.45. The van der Waals surface area contributed by atoms with E-state index in [1.807, 2.05) is 21.9 Å². The van der Waals surface area contributed by atoms with E-state index < -0.39 is 23.1 Å². The van der Waals surface area contributed by atoms with E-state index in [-0.39, 0.29) is 29.6 Å². The van der Waals surface area contributed by atoms with Crippen LogP contribution in [-0.4, -0.2) is 92.9 Å². The molecule has 11 heteroatoms. The summed E-state index contributed by atoms with van der Waals surface area (Å²) >= 11 is 0. The lowest BCUT2D eigenvalue weighted by atomic mass is 9.79. The molecule has 1 aliphatic carbocycles. The van der Waals surface area contributed by atoms with Crippen LogP contribution < -0.4 is 9.64 Å². The normalized spacial score (nSPS) is 26.8. The monoisotopic (exact) mass is 657 g/mol. The number of ether oxygens (including phenoxy) is 2. The molecule has 47 heavy (non-hydrogen) atoms. The van der Waals surface area contributed by atoms with E-state index in [1.165, 1.54) is 12.5 Å². The predicted octanol–water partition coefficient (Wildman–Crippen LogP) is 5.86. The summed E-state index contributed by atoms with van der Waals surface area (Å²) in [6.07, 6.45) is -0.343. The number of carboxylic acids is 1. The van der Waals surface area contributed by atoms with Crippen LogP contribution in [-0.2, 0) is 20.5 Å². The number of methoxy groups -OCH3 is 2. The second-order valence-electron chi connectivity index (χ2n) is 14.2. The third-order valence-corrected chi connectivity index (χ3v) is 11.4. The van der Waals surface area contributed by atoms with Crippen molar-refractivity contribution in [2.75, 3.05) is 65.0 Å². The van der Waals surface area contributed by atoms with E-state index in [4.69, 9.17) is 9.47 Å². The van der Waals surface area contributed by atoms with Crippen LogP contribution in [0.5, 0.6) is 5.75 Å². The van der Waals surface area contributed by atoms with Gasteiger partial charge < -0.3 is 24.4 Å². The highest BCUT2D eigenvalue weighted by atomic mass is 19.4. The molecule has 0 unspecified atom stereocenters. The van der Waals surface area contributed by atoms with Crippen LogP contribution in [0.15, 0.2) is 42.5 Å². The van der Waals surface area contributed by atoms with Crippen molar-refractivity contribution in [3.8, 4) is 5.75 Å². The molecule has 0 bridgehead atoms. The first-order valence-corrected chi connectivity index (χ1v) is 16.8. The molecule has 0 spiro atoms. The molecule has 4 atom stereocenters. The first-order valence-electron chi connectivity index (χ1n) is 16.8. The molecule has 0 radical (unpaired) electrons. The average molecular weight is 658 g/mol. The number of carboxylic acid groups (broad SMARTS) is 1. The van der Waals surface area contributed by atoms with Gasteiger partial charge >= 0.3 is 12.1 Å². The largest absolute Gasteiger partial charge is 0.497 e. The Kier molecular flexibility index (Phi) is 9.50. The lowest BCUT2D eigenvalue weighted by Gasteiger charge is -2.39. The Bertz CT molecular complexity index is 1440. The molecule has 2 aromatic carbocycles. The molecule has 3 aliphatic heterocycles. The van der Waals surface area contributed by atoms with Gasteiger partial charge in [0.15, 0.2) is 0 Å². The summed E-state index contributed by atoms with van der Waals surface area (Å²) in [5, 5.41) is 9.75. The molecule has 3 heterocycles. The molecule has 2 aromatic rings. The SMILES string of the molecule is COC[C@H]1CN(C(=O)[C@@H]2CN(C3CCC3)C[C@H]2c2ccc(OC)cc2)C[C@@H]1c1ccc(C(F)(F)F)cc1N1CCC(C)(C(=O)O)CC1. The number of benzene rings is 2. The molecular formula is C36H46F3N3O5. The minimum atomic E-state index is -4.52. The zero-order valence-corrected chi connectivity index (χ0v) is 27.5. The van der Waals surface area contributed by atoms with Gasteiger partial charge in [-0.05, 0) is 68.0 Å². The molecular weight excluding hydrogens is 611 g/mol. The van der Waals surface area contributed by atoms with Crippen molar-refractivity contribution in [2.24, 2.45) is 17.3 Å². The van der Waals surface area contributed by atoms with Crippen molar-refractivity contribution in [2.45, 2.75) is 63.1 Å². The summed E-state index contributed by atoms with van der Waals surface area (Å²) in [6, 6.07) is 12.4. The van der Waals surface area contributed by atoms with Crippen LogP contribution in [0.1, 0.15) is 67.6 Å². The second kappa shape index (κ2) is 13.3. The van der Waals surface area contributed by atoms with Crippen molar-refractivity contribution < 1.29 is 37.3 Å². The van der Waals surface area contributed by atoms with Gasteiger partial charge in [-0.2, -0.15) is 13.2 Å². The van der Waals surface area contributed by atoms with Crippen molar-refractivity contribution in [1.82, 2.24) is 9.80 Å². The van der Waals surface area contributed by atoms with E-state index in [0.29, 0.717) is 63.9 Å². The summed E-state index contributed by atoms with van der Waals surface area (Å²) in [5.41, 5.74) is 0.687. The van der Waals surface area contributed by atoms with Gasteiger partial charge in [-0.1, -0.05) is 24.6 Å². The fourth-order valence-corrected chi connectivity index (χ4v) is 8.11. The topological polar surface area (TPSA) is 82.6 Å². The number of halogens is 3. The molecule has 1 N–H and O–H groups in total. The van der Waals surface area contributed by atoms with Gasteiger partial charge in [0.2, 0.25) is 5.91 Å². The minimum Gasteiger partial charge on any atom is -0.497 e. The standard InChI is InChI=1S/C36H46F3N3O5/c1-35(34(44)45)13-15-40(16-14-35)32-17-25(36(37,38)39)9-12-28(32)30-20-42(18-24(30)22-46-2)33(43)31-21-41(26-5-4-6-26)19-29(31)23-7-10-27(47-3)11-8-23/h7-12,17,24,26,29-31H,4-6,13-16,18-22H2,1-3H3,(H,44,45)/t24-,29+,30+,31-/m1/s1. The number of aliphatic carboxylic acids is 1. The number of piperidine rings is 1. The summed E-state index contributed by atoms with van der Waals surface area (Å²) in [7, 11) is 3.25. The Morgan fingerprint density at radius 2 is 1.66 bits per heavy atom. The number of hydrogen-bond acceptors (Lipinski definition) is 6. The van der Waals surface area contributed by atoms with Gasteiger partial charge in [-0.25, -0.2) is 0 Å². The van der Waals surface area contributed by atoms with Crippen LogP contribution in [0.3, 0.4) is 0 Å². The zero-order valence-electron chi connectivity index (χ0n) is 27.5. The van der Waals surface area contributed by atoms with E-state index in [9.17, 15) is 27.9 Å². The molecule has 0 aromatic heterocycles. The Balaban J connectivity index is 1.29. The molecule has 6 rings (SSSR count). The third kappa shape index (κ3) is 6.70. The minimum absolute atomic E-state index is 0.0347. The smallest absolute Gasteiger partial charge is 0.416 e. The maximum absolute atomic E-state index is 14.5.